The first kappa shape index (κ1) is 27.2. The number of carbonyl (C=O) groups is 4. The fourth-order valence-corrected chi connectivity index (χ4v) is 3.67. The molecule has 0 atom stereocenters. The zero-order valence-corrected chi connectivity index (χ0v) is 21.7. The summed E-state index contributed by atoms with van der Waals surface area (Å²) in [5.41, 5.74) is 4.08. The van der Waals surface area contributed by atoms with Crippen molar-refractivity contribution in [3.05, 3.63) is 69.8 Å². The molecule has 6 nitrogen and oxygen atoms in total. The number of rotatable bonds is 2. The van der Waals surface area contributed by atoms with E-state index in [0.717, 1.165) is 42.4 Å². The lowest BCUT2D eigenvalue weighted by molar-refractivity contribution is 0.0599. The lowest BCUT2D eigenvalue weighted by Crippen LogP contribution is -2.12. The Kier molecular flexibility index (Phi) is 9.50. The first-order valence-electron chi connectivity index (χ1n) is 11.5. The number of benzene rings is 2. The SMILES string of the molecule is COC(=O)c1ccc2c(c1)CCCC2=O.C[Si](C)(C)C.O=C(O)c1ccc2c(c1)CCCC2=O. The van der Waals surface area contributed by atoms with E-state index in [1.54, 1.807) is 30.3 Å². The molecule has 2 aromatic rings. The molecule has 0 spiro atoms. The number of ketones is 2. The monoisotopic (exact) mass is 482 g/mol. The van der Waals surface area contributed by atoms with Gasteiger partial charge in [0.15, 0.2) is 11.6 Å². The number of aromatic carboxylic acids is 1. The van der Waals surface area contributed by atoms with Crippen molar-refractivity contribution in [1.82, 2.24) is 0 Å². The van der Waals surface area contributed by atoms with Crippen LogP contribution in [-0.4, -0.2) is 43.8 Å². The second-order valence-corrected chi connectivity index (χ2v) is 16.1. The van der Waals surface area contributed by atoms with Gasteiger partial charge in [0.25, 0.3) is 0 Å². The van der Waals surface area contributed by atoms with Crippen molar-refractivity contribution in [2.45, 2.75) is 64.7 Å². The van der Waals surface area contributed by atoms with E-state index in [1.807, 2.05) is 0 Å². The summed E-state index contributed by atoms with van der Waals surface area (Å²) in [5, 5.41) is 8.77. The zero-order valence-electron chi connectivity index (χ0n) is 20.7. The molecule has 7 heteroatoms. The molecule has 182 valence electrons. The van der Waals surface area contributed by atoms with Crippen molar-refractivity contribution in [2.24, 2.45) is 0 Å². The Morgan fingerprint density at radius 1 is 0.765 bits per heavy atom. The topological polar surface area (TPSA) is 97.7 Å². The van der Waals surface area contributed by atoms with Gasteiger partial charge in [0.1, 0.15) is 0 Å². The minimum atomic E-state index is -0.939. The van der Waals surface area contributed by atoms with Crippen molar-refractivity contribution in [2.75, 3.05) is 7.11 Å². The van der Waals surface area contributed by atoms with Gasteiger partial charge in [-0.05, 0) is 61.1 Å². The summed E-state index contributed by atoms with van der Waals surface area (Å²) in [6.07, 6.45) is 4.57. The van der Waals surface area contributed by atoms with Crippen molar-refractivity contribution in [3.8, 4) is 0 Å². The van der Waals surface area contributed by atoms with Gasteiger partial charge in [0.05, 0.1) is 18.2 Å². The van der Waals surface area contributed by atoms with Crippen LogP contribution in [0.2, 0.25) is 26.2 Å². The van der Waals surface area contributed by atoms with Gasteiger partial charge in [-0.3, -0.25) is 9.59 Å². The van der Waals surface area contributed by atoms with E-state index in [-0.39, 0.29) is 23.1 Å². The lowest BCUT2D eigenvalue weighted by atomic mass is 9.89. The number of methoxy groups -OCH3 is 1. The third kappa shape index (κ3) is 8.06. The number of carbonyl (C=O) groups excluding carboxylic acids is 3. The predicted octanol–water partition coefficient (Wildman–Crippen LogP) is 5.85. The molecule has 2 aliphatic rings. The molecule has 0 saturated carbocycles. The summed E-state index contributed by atoms with van der Waals surface area (Å²) in [7, 11) is 0.743. The molecule has 0 radical (unpaired) electrons. The molecule has 1 N–H and O–H groups in total. The van der Waals surface area contributed by atoms with Crippen LogP contribution in [0, 0.1) is 0 Å². The van der Waals surface area contributed by atoms with Crippen LogP contribution in [0.3, 0.4) is 0 Å². The summed E-state index contributed by atoms with van der Waals surface area (Å²) in [6, 6.07) is 9.86. The van der Waals surface area contributed by atoms with Gasteiger partial charge >= 0.3 is 11.9 Å². The van der Waals surface area contributed by atoms with E-state index >= 15 is 0 Å². The van der Waals surface area contributed by atoms with Crippen molar-refractivity contribution >= 4 is 31.6 Å². The molecule has 0 amide bonds. The van der Waals surface area contributed by atoms with Crippen LogP contribution >= 0.6 is 0 Å². The Morgan fingerprint density at radius 2 is 1.18 bits per heavy atom. The van der Waals surface area contributed by atoms with Gasteiger partial charge in [-0.25, -0.2) is 9.59 Å². The summed E-state index contributed by atoms with van der Waals surface area (Å²) in [6.45, 7) is 9.31. The van der Waals surface area contributed by atoms with Crippen molar-refractivity contribution < 1.29 is 29.0 Å². The number of fused-ring (bicyclic) bond motifs is 2. The fraction of sp³-hybridized carbons (Fsp3) is 0.407. The Hall–Kier alpha value is -3.06. The normalized spacial score (nSPS) is 14.4. The summed E-state index contributed by atoms with van der Waals surface area (Å²) in [5.74, 6) is -0.988. The largest absolute Gasteiger partial charge is 0.478 e. The lowest BCUT2D eigenvalue weighted by Gasteiger charge is -2.14. The predicted molar refractivity (Wildman–Crippen MR) is 135 cm³/mol. The molecule has 2 aliphatic carbocycles. The number of carboxylic acid groups (broad SMARTS) is 1. The molecule has 0 unspecified atom stereocenters. The van der Waals surface area contributed by atoms with Crippen LogP contribution in [0.25, 0.3) is 0 Å². The molecule has 0 aromatic heterocycles. The maximum Gasteiger partial charge on any atom is 0.337 e. The van der Waals surface area contributed by atoms with E-state index in [1.165, 1.54) is 13.2 Å². The second-order valence-electron chi connectivity index (χ2n) is 10.1. The van der Waals surface area contributed by atoms with Gasteiger partial charge in [0, 0.05) is 32.0 Å². The molecule has 0 saturated heterocycles. The first-order chi connectivity index (χ1) is 15.9. The average Bonchev–Trinajstić information content (AvgIpc) is 2.77. The van der Waals surface area contributed by atoms with Gasteiger partial charge in [-0.1, -0.05) is 38.3 Å². The highest BCUT2D eigenvalue weighted by molar-refractivity contribution is 6.74. The van der Waals surface area contributed by atoms with Gasteiger partial charge in [-0.2, -0.15) is 0 Å². The molecule has 34 heavy (non-hydrogen) atoms. The number of Topliss-reactive ketones (excluding diaryl/α,β-unsaturated/α-hetero) is 2. The first-order valence-corrected chi connectivity index (χ1v) is 15.5. The number of ether oxygens (including phenoxy) is 1. The van der Waals surface area contributed by atoms with E-state index in [2.05, 4.69) is 30.9 Å². The molecular weight excluding hydrogens is 448 g/mol. The maximum absolute atomic E-state index is 11.5. The highest BCUT2D eigenvalue weighted by atomic mass is 28.3. The van der Waals surface area contributed by atoms with Gasteiger partial charge < -0.3 is 9.84 Å². The number of carboxylic acids is 1. The van der Waals surface area contributed by atoms with Crippen LogP contribution < -0.4 is 0 Å². The molecule has 0 fully saturated rings. The standard InChI is InChI=1S/C12H12O3.C11H10O3.C4H12Si/c1-15-12(14)9-5-6-10-8(7-9)3-2-4-11(10)13;12-10-3-1-2-7-6-8(11(13)14)4-5-9(7)10;1-5(2,3)4/h5-7H,2-4H2,1H3;4-6H,1-3H2,(H,13,14);1-4H3. The Morgan fingerprint density at radius 3 is 1.59 bits per heavy atom. The number of aryl methyl sites for hydroxylation is 2. The van der Waals surface area contributed by atoms with Crippen LogP contribution in [0.15, 0.2) is 36.4 Å². The van der Waals surface area contributed by atoms with Crippen LogP contribution in [0.1, 0.15) is 78.2 Å². The smallest absolute Gasteiger partial charge is 0.337 e. The van der Waals surface area contributed by atoms with E-state index in [9.17, 15) is 19.2 Å². The quantitative estimate of drug-likeness (QED) is 0.426. The number of hydrogen-bond acceptors (Lipinski definition) is 5. The fourth-order valence-electron chi connectivity index (χ4n) is 3.67. The number of hydrogen-bond donors (Lipinski definition) is 1. The maximum atomic E-state index is 11.5. The van der Waals surface area contributed by atoms with Crippen LogP contribution in [0.5, 0.6) is 0 Å². The highest BCUT2D eigenvalue weighted by Crippen LogP contribution is 2.23. The molecule has 0 heterocycles. The molecule has 2 aromatic carbocycles. The van der Waals surface area contributed by atoms with E-state index in [4.69, 9.17) is 5.11 Å². The summed E-state index contributed by atoms with van der Waals surface area (Å²) < 4.78 is 4.63. The van der Waals surface area contributed by atoms with Crippen molar-refractivity contribution in [3.63, 3.8) is 0 Å². The Bertz CT molecular complexity index is 1080. The average molecular weight is 483 g/mol. The number of esters is 1. The second kappa shape index (κ2) is 11.9. The summed E-state index contributed by atoms with van der Waals surface area (Å²) in [4.78, 5) is 44.9. The van der Waals surface area contributed by atoms with Crippen molar-refractivity contribution in [1.29, 1.82) is 0 Å². The van der Waals surface area contributed by atoms with Gasteiger partial charge in [-0.15, -0.1) is 0 Å². The summed E-state index contributed by atoms with van der Waals surface area (Å²) >= 11 is 0. The zero-order chi connectivity index (χ0) is 25.5. The van der Waals surface area contributed by atoms with E-state index in [0.29, 0.717) is 24.0 Å². The third-order valence-electron chi connectivity index (χ3n) is 5.18. The minimum Gasteiger partial charge on any atom is -0.478 e. The minimum absolute atomic E-state index is 0.128. The van der Waals surface area contributed by atoms with Gasteiger partial charge in [0.2, 0.25) is 0 Å². The van der Waals surface area contributed by atoms with Crippen LogP contribution in [0.4, 0.5) is 0 Å². The van der Waals surface area contributed by atoms with E-state index < -0.39 is 14.0 Å². The molecule has 4 rings (SSSR count). The highest BCUT2D eigenvalue weighted by Gasteiger charge is 2.19. The molecule has 0 aliphatic heterocycles. The Labute approximate surface area is 202 Å². The molecule has 0 bridgehead atoms. The van der Waals surface area contributed by atoms with Crippen LogP contribution in [-0.2, 0) is 17.6 Å². The third-order valence-corrected chi connectivity index (χ3v) is 5.18. The molecular formula is C27H34O6Si. The Balaban J connectivity index is 0.000000202.